The molecule has 5 nitrogen and oxygen atoms in total. The van der Waals surface area contributed by atoms with Crippen molar-refractivity contribution < 1.29 is 4.79 Å². The van der Waals surface area contributed by atoms with Crippen LogP contribution >= 0.6 is 0 Å². The van der Waals surface area contributed by atoms with Crippen LogP contribution in [0.3, 0.4) is 0 Å². The molecule has 3 rings (SSSR count). The molecule has 0 unspecified atom stereocenters. The Hall–Kier alpha value is -2.43. The van der Waals surface area contributed by atoms with Crippen molar-refractivity contribution in [2.45, 2.75) is 13.8 Å². The van der Waals surface area contributed by atoms with Crippen LogP contribution in [-0.4, -0.2) is 25.8 Å². The molecule has 0 amide bonds. The maximum Gasteiger partial charge on any atom is 0.170 e. The number of carbonyl (C=O) groups is 1. The van der Waals surface area contributed by atoms with E-state index in [4.69, 9.17) is 0 Å². The van der Waals surface area contributed by atoms with Gasteiger partial charge in [0.2, 0.25) is 0 Å². The van der Waals surface area contributed by atoms with Gasteiger partial charge in [0.15, 0.2) is 6.29 Å². The molecule has 0 spiro atoms. The van der Waals surface area contributed by atoms with Gasteiger partial charge in [0.05, 0.1) is 11.0 Å². The lowest BCUT2D eigenvalue weighted by molar-refractivity contribution is 0.111. The first-order valence-electron chi connectivity index (χ1n) is 6.05. The maximum atomic E-state index is 10.8. The van der Waals surface area contributed by atoms with Crippen molar-refractivity contribution in [1.29, 1.82) is 0 Å². The van der Waals surface area contributed by atoms with Gasteiger partial charge in [-0.2, -0.15) is 0 Å². The van der Waals surface area contributed by atoms with Crippen LogP contribution in [0.1, 0.15) is 22.0 Å². The van der Waals surface area contributed by atoms with Crippen LogP contribution in [-0.2, 0) is 7.05 Å². The molecule has 0 atom stereocenters. The second kappa shape index (κ2) is 4.05. The minimum absolute atomic E-state index is 0.455. The van der Waals surface area contributed by atoms with Gasteiger partial charge in [0, 0.05) is 18.3 Å². The molecular formula is C14H14N4O. The lowest BCUT2D eigenvalue weighted by atomic mass is 10.2. The molecule has 0 aliphatic carbocycles. The van der Waals surface area contributed by atoms with E-state index < -0.39 is 0 Å². The molecular weight excluding hydrogens is 240 g/mol. The number of aromatic nitrogens is 4. The number of aryl methyl sites for hydroxylation is 3. The van der Waals surface area contributed by atoms with Crippen molar-refractivity contribution in [3.8, 4) is 11.4 Å². The molecule has 2 heterocycles. The summed E-state index contributed by atoms with van der Waals surface area (Å²) in [6.07, 6.45) is 0.766. The summed E-state index contributed by atoms with van der Waals surface area (Å²) in [5.41, 5.74) is 4.20. The van der Waals surface area contributed by atoms with Crippen LogP contribution in [0.25, 0.3) is 22.4 Å². The van der Waals surface area contributed by atoms with Gasteiger partial charge >= 0.3 is 0 Å². The lowest BCUT2D eigenvalue weighted by Gasteiger charge is -1.99. The van der Waals surface area contributed by atoms with E-state index in [-0.39, 0.29) is 0 Å². The van der Waals surface area contributed by atoms with Crippen molar-refractivity contribution in [2.75, 3.05) is 0 Å². The number of benzene rings is 1. The summed E-state index contributed by atoms with van der Waals surface area (Å²) in [6.45, 7) is 3.81. The van der Waals surface area contributed by atoms with Gasteiger partial charge in [0.1, 0.15) is 17.3 Å². The molecule has 5 heteroatoms. The quantitative estimate of drug-likeness (QED) is 0.714. The van der Waals surface area contributed by atoms with Gasteiger partial charge < -0.3 is 9.55 Å². The molecule has 19 heavy (non-hydrogen) atoms. The molecule has 0 bridgehead atoms. The Kier molecular flexibility index (Phi) is 2.48. The normalized spacial score (nSPS) is 11.1. The monoisotopic (exact) mass is 254 g/mol. The number of H-pyrrole nitrogens is 1. The zero-order valence-electron chi connectivity index (χ0n) is 11.1. The van der Waals surface area contributed by atoms with Crippen LogP contribution in [0.15, 0.2) is 18.2 Å². The Balaban J connectivity index is 2.19. The van der Waals surface area contributed by atoms with E-state index in [0.29, 0.717) is 11.5 Å². The summed E-state index contributed by atoms with van der Waals surface area (Å²) in [4.78, 5) is 22.7. The largest absolute Gasteiger partial charge is 0.341 e. The molecule has 0 saturated heterocycles. The van der Waals surface area contributed by atoms with Gasteiger partial charge in [-0.15, -0.1) is 0 Å². The van der Waals surface area contributed by atoms with Gasteiger partial charge in [-0.05, 0) is 32.0 Å². The van der Waals surface area contributed by atoms with Gasteiger partial charge in [0.25, 0.3) is 0 Å². The van der Waals surface area contributed by atoms with E-state index >= 15 is 0 Å². The molecule has 0 aliphatic rings. The number of aldehydes is 1. The maximum absolute atomic E-state index is 10.8. The molecule has 1 N–H and O–H groups in total. The second-order valence-electron chi connectivity index (χ2n) is 4.64. The van der Waals surface area contributed by atoms with E-state index in [1.54, 1.807) is 0 Å². The van der Waals surface area contributed by atoms with Crippen LogP contribution in [0.2, 0.25) is 0 Å². The number of nitrogens with zero attached hydrogens (tertiary/aromatic N) is 3. The fraction of sp³-hybridized carbons (Fsp3) is 0.214. The minimum Gasteiger partial charge on any atom is -0.341 e. The summed E-state index contributed by atoms with van der Waals surface area (Å²) < 4.78 is 2.04. The topological polar surface area (TPSA) is 63.6 Å². The highest BCUT2D eigenvalue weighted by atomic mass is 16.1. The summed E-state index contributed by atoms with van der Waals surface area (Å²) in [6, 6.07) is 5.96. The van der Waals surface area contributed by atoms with Gasteiger partial charge in [-0.3, -0.25) is 4.79 Å². The van der Waals surface area contributed by atoms with Crippen molar-refractivity contribution in [3.63, 3.8) is 0 Å². The lowest BCUT2D eigenvalue weighted by Crippen LogP contribution is -1.90. The van der Waals surface area contributed by atoms with Crippen molar-refractivity contribution in [2.24, 2.45) is 7.05 Å². The van der Waals surface area contributed by atoms with E-state index in [1.807, 2.05) is 43.7 Å². The smallest absolute Gasteiger partial charge is 0.170 e. The van der Waals surface area contributed by atoms with Crippen LogP contribution in [0, 0.1) is 13.8 Å². The first-order valence-corrected chi connectivity index (χ1v) is 6.05. The molecule has 96 valence electrons. The second-order valence-corrected chi connectivity index (χ2v) is 4.64. The van der Waals surface area contributed by atoms with Gasteiger partial charge in [-0.25, -0.2) is 9.97 Å². The van der Waals surface area contributed by atoms with Crippen molar-refractivity contribution in [3.05, 3.63) is 35.4 Å². The average Bonchev–Trinajstić information content (AvgIpc) is 2.91. The van der Waals surface area contributed by atoms with Crippen LogP contribution in [0.4, 0.5) is 0 Å². The zero-order valence-corrected chi connectivity index (χ0v) is 11.1. The first-order chi connectivity index (χ1) is 9.10. The number of fused-ring (bicyclic) bond motifs is 1. The summed E-state index contributed by atoms with van der Waals surface area (Å²) in [5.74, 6) is 1.68. The summed E-state index contributed by atoms with van der Waals surface area (Å²) in [7, 11) is 1.98. The number of hydrogen-bond donors (Lipinski definition) is 1. The SMILES string of the molecule is Cc1[nH]c(-c2ccc3nc(C)n(C)c3c2)nc1C=O. The number of rotatable bonds is 2. The zero-order chi connectivity index (χ0) is 13.6. The Morgan fingerprint density at radius 1 is 1.26 bits per heavy atom. The molecule has 1 aromatic carbocycles. The molecule has 2 aromatic heterocycles. The van der Waals surface area contributed by atoms with E-state index in [9.17, 15) is 4.79 Å². The molecule has 0 aliphatic heterocycles. The van der Waals surface area contributed by atoms with E-state index in [0.717, 1.165) is 34.4 Å². The van der Waals surface area contributed by atoms with E-state index in [1.165, 1.54) is 0 Å². The first kappa shape index (κ1) is 11.6. The number of aromatic amines is 1. The Bertz CT molecular complexity index is 782. The molecule has 3 aromatic rings. The number of nitrogens with one attached hydrogen (secondary N) is 1. The third-order valence-corrected chi connectivity index (χ3v) is 3.41. The minimum atomic E-state index is 0.455. The van der Waals surface area contributed by atoms with Gasteiger partial charge in [-0.1, -0.05) is 0 Å². The number of imidazole rings is 2. The predicted molar refractivity (Wildman–Crippen MR) is 73.2 cm³/mol. The predicted octanol–water partition coefficient (Wildman–Crippen LogP) is 2.39. The van der Waals surface area contributed by atoms with E-state index in [2.05, 4.69) is 15.0 Å². The average molecular weight is 254 g/mol. The Morgan fingerprint density at radius 2 is 2.05 bits per heavy atom. The Labute approximate surface area is 110 Å². The third kappa shape index (κ3) is 1.74. The highest BCUT2D eigenvalue weighted by Gasteiger charge is 2.10. The number of carbonyl (C=O) groups excluding carboxylic acids is 1. The van der Waals surface area contributed by atoms with Crippen LogP contribution in [0.5, 0.6) is 0 Å². The fourth-order valence-electron chi connectivity index (χ4n) is 2.18. The Morgan fingerprint density at radius 3 is 2.74 bits per heavy atom. The van der Waals surface area contributed by atoms with Crippen LogP contribution < -0.4 is 0 Å². The number of hydrogen-bond acceptors (Lipinski definition) is 3. The van der Waals surface area contributed by atoms with Crippen molar-refractivity contribution >= 4 is 17.3 Å². The highest BCUT2D eigenvalue weighted by molar-refractivity contribution is 5.82. The summed E-state index contributed by atoms with van der Waals surface area (Å²) in [5, 5.41) is 0. The molecule has 0 saturated carbocycles. The van der Waals surface area contributed by atoms with Crippen molar-refractivity contribution in [1.82, 2.24) is 19.5 Å². The fourth-order valence-corrected chi connectivity index (χ4v) is 2.18. The summed E-state index contributed by atoms with van der Waals surface area (Å²) >= 11 is 0. The highest BCUT2D eigenvalue weighted by Crippen LogP contribution is 2.23. The molecule has 0 radical (unpaired) electrons. The standard InChI is InChI=1S/C14H14N4O/c1-8-12(7-19)17-14(15-8)10-4-5-11-13(6-10)18(3)9(2)16-11/h4-7H,1-3H3,(H,15,17). The molecule has 0 fully saturated rings. The third-order valence-electron chi connectivity index (χ3n) is 3.41.